The summed E-state index contributed by atoms with van der Waals surface area (Å²) in [5, 5.41) is 5.15. The molecule has 4 heteroatoms. The van der Waals surface area contributed by atoms with E-state index in [1.54, 1.807) is 0 Å². The molecule has 2 atom stereocenters. The highest BCUT2D eigenvalue weighted by atomic mass is 32.2. The molecule has 0 bridgehead atoms. The lowest BCUT2D eigenvalue weighted by molar-refractivity contribution is 0.422. The van der Waals surface area contributed by atoms with Crippen LogP contribution in [0.1, 0.15) is 35.2 Å². The molecule has 2 aliphatic rings. The van der Waals surface area contributed by atoms with Gasteiger partial charge in [-0.25, -0.2) is 4.98 Å². The van der Waals surface area contributed by atoms with Gasteiger partial charge in [-0.1, -0.05) is 0 Å². The molecule has 1 saturated heterocycles. The second-order valence-corrected chi connectivity index (χ2v) is 7.27. The van der Waals surface area contributed by atoms with Crippen molar-refractivity contribution >= 4 is 23.1 Å². The van der Waals surface area contributed by atoms with Crippen molar-refractivity contribution in [2.45, 2.75) is 38.3 Å². The summed E-state index contributed by atoms with van der Waals surface area (Å²) in [4.78, 5) is 5.90. The molecule has 1 saturated carbocycles. The van der Waals surface area contributed by atoms with Crippen LogP contribution in [0.3, 0.4) is 0 Å². The maximum atomic E-state index is 4.57. The van der Waals surface area contributed by atoms with E-state index in [-0.39, 0.29) is 0 Å². The number of hydrogen-bond acceptors (Lipinski definition) is 4. The Kier molecular flexibility index (Phi) is 3.22. The van der Waals surface area contributed by atoms with Crippen LogP contribution in [0.2, 0.25) is 0 Å². The maximum Gasteiger partial charge on any atom is 0.110 e. The van der Waals surface area contributed by atoms with Crippen molar-refractivity contribution < 1.29 is 0 Å². The summed E-state index contributed by atoms with van der Waals surface area (Å²) in [5.74, 6) is 3.47. The predicted molar refractivity (Wildman–Crippen MR) is 71.2 cm³/mol. The van der Waals surface area contributed by atoms with Gasteiger partial charge < -0.3 is 5.32 Å². The SMILES string of the molecule is Cc1cnc(C(NC2CCSC2)C2CC2)s1. The number of aromatic nitrogens is 1. The Labute approximate surface area is 105 Å². The first kappa shape index (κ1) is 11.1. The molecule has 1 aliphatic carbocycles. The first-order chi connectivity index (χ1) is 7.83. The zero-order valence-corrected chi connectivity index (χ0v) is 11.2. The van der Waals surface area contributed by atoms with Gasteiger partial charge in [0.05, 0.1) is 6.04 Å². The van der Waals surface area contributed by atoms with Crippen LogP contribution in [0.25, 0.3) is 0 Å². The molecule has 1 aromatic rings. The van der Waals surface area contributed by atoms with Crippen LogP contribution in [0.4, 0.5) is 0 Å². The van der Waals surface area contributed by atoms with E-state index in [1.807, 2.05) is 17.5 Å². The molecule has 1 aromatic heterocycles. The summed E-state index contributed by atoms with van der Waals surface area (Å²) < 4.78 is 0. The number of nitrogens with one attached hydrogen (secondary N) is 1. The zero-order valence-electron chi connectivity index (χ0n) is 9.61. The van der Waals surface area contributed by atoms with E-state index >= 15 is 0 Å². The number of hydrogen-bond donors (Lipinski definition) is 1. The van der Waals surface area contributed by atoms with Gasteiger partial charge in [0.1, 0.15) is 5.01 Å². The molecule has 2 fully saturated rings. The molecule has 0 amide bonds. The van der Waals surface area contributed by atoms with Crippen LogP contribution >= 0.6 is 23.1 Å². The van der Waals surface area contributed by atoms with E-state index in [2.05, 4.69) is 29.0 Å². The third kappa shape index (κ3) is 2.44. The predicted octanol–water partition coefficient (Wildman–Crippen LogP) is 3.00. The Morgan fingerprint density at radius 3 is 2.88 bits per heavy atom. The molecule has 88 valence electrons. The van der Waals surface area contributed by atoms with E-state index in [0.717, 1.165) is 12.0 Å². The number of rotatable bonds is 4. The highest BCUT2D eigenvalue weighted by molar-refractivity contribution is 7.99. The van der Waals surface area contributed by atoms with Gasteiger partial charge in [-0.2, -0.15) is 11.8 Å². The summed E-state index contributed by atoms with van der Waals surface area (Å²) in [6.45, 7) is 2.15. The van der Waals surface area contributed by atoms with Gasteiger partial charge in [0, 0.05) is 22.9 Å². The summed E-state index contributed by atoms with van der Waals surface area (Å²) in [6, 6.07) is 1.27. The topological polar surface area (TPSA) is 24.9 Å². The van der Waals surface area contributed by atoms with Gasteiger partial charge in [0.15, 0.2) is 0 Å². The molecule has 3 rings (SSSR count). The molecule has 0 aromatic carbocycles. The minimum Gasteiger partial charge on any atom is -0.304 e. The minimum atomic E-state index is 0.544. The average molecular weight is 254 g/mol. The van der Waals surface area contributed by atoms with Gasteiger partial charge in [-0.3, -0.25) is 0 Å². The number of thiazole rings is 1. The van der Waals surface area contributed by atoms with Gasteiger partial charge in [0.25, 0.3) is 0 Å². The van der Waals surface area contributed by atoms with Crippen LogP contribution in [0.5, 0.6) is 0 Å². The van der Waals surface area contributed by atoms with Crippen molar-refractivity contribution in [1.82, 2.24) is 10.3 Å². The van der Waals surface area contributed by atoms with Crippen molar-refractivity contribution in [3.8, 4) is 0 Å². The summed E-state index contributed by atoms with van der Waals surface area (Å²) in [5.41, 5.74) is 0. The summed E-state index contributed by atoms with van der Waals surface area (Å²) in [7, 11) is 0. The second kappa shape index (κ2) is 4.67. The number of aryl methyl sites for hydroxylation is 1. The Bertz CT molecular complexity index is 354. The Morgan fingerprint density at radius 2 is 2.31 bits per heavy atom. The minimum absolute atomic E-state index is 0.544. The van der Waals surface area contributed by atoms with E-state index in [1.165, 1.54) is 40.7 Å². The standard InChI is InChI=1S/C12H18N2S2/c1-8-6-13-12(16-8)11(9-2-3-9)14-10-4-5-15-7-10/h6,9-11,14H,2-5,7H2,1H3. The first-order valence-electron chi connectivity index (χ1n) is 6.09. The molecule has 2 unspecified atom stereocenters. The fourth-order valence-electron chi connectivity index (χ4n) is 2.27. The molecule has 0 radical (unpaired) electrons. The van der Waals surface area contributed by atoms with Gasteiger partial charge in [-0.15, -0.1) is 11.3 Å². The van der Waals surface area contributed by atoms with E-state index < -0.39 is 0 Å². The largest absolute Gasteiger partial charge is 0.304 e. The van der Waals surface area contributed by atoms with E-state index in [0.29, 0.717) is 6.04 Å². The van der Waals surface area contributed by atoms with Crippen molar-refractivity contribution in [1.29, 1.82) is 0 Å². The first-order valence-corrected chi connectivity index (χ1v) is 8.06. The average Bonchev–Trinajstić information content (AvgIpc) is 2.81. The fourth-order valence-corrected chi connectivity index (χ4v) is 4.37. The Balaban J connectivity index is 1.70. The third-order valence-corrected chi connectivity index (χ3v) is 5.50. The molecule has 2 nitrogen and oxygen atoms in total. The van der Waals surface area contributed by atoms with Crippen molar-refractivity contribution in [3.05, 3.63) is 16.1 Å². The molecular weight excluding hydrogens is 236 g/mol. The Morgan fingerprint density at radius 1 is 1.44 bits per heavy atom. The molecule has 1 N–H and O–H groups in total. The zero-order chi connectivity index (χ0) is 11.0. The number of nitrogens with zero attached hydrogens (tertiary/aromatic N) is 1. The van der Waals surface area contributed by atoms with Crippen LogP contribution in [-0.2, 0) is 0 Å². The van der Waals surface area contributed by atoms with Crippen molar-refractivity contribution in [2.24, 2.45) is 5.92 Å². The van der Waals surface area contributed by atoms with Crippen LogP contribution in [0, 0.1) is 12.8 Å². The maximum absolute atomic E-state index is 4.57. The molecule has 2 heterocycles. The normalized spacial score (nSPS) is 27.2. The lowest BCUT2D eigenvalue weighted by Crippen LogP contribution is -2.33. The number of thioether (sulfide) groups is 1. The van der Waals surface area contributed by atoms with E-state index in [9.17, 15) is 0 Å². The van der Waals surface area contributed by atoms with Gasteiger partial charge in [-0.05, 0) is 37.9 Å². The van der Waals surface area contributed by atoms with Crippen LogP contribution in [0.15, 0.2) is 6.20 Å². The third-order valence-electron chi connectivity index (χ3n) is 3.34. The van der Waals surface area contributed by atoms with Gasteiger partial charge >= 0.3 is 0 Å². The molecule has 0 spiro atoms. The quantitative estimate of drug-likeness (QED) is 0.894. The molecular formula is C12H18N2S2. The van der Waals surface area contributed by atoms with Crippen molar-refractivity contribution in [3.63, 3.8) is 0 Å². The lowest BCUT2D eigenvalue weighted by atomic mass is 10.1. The van der Waals surface area contributed by atoms with Gasteiger partial charge in [0.2, 0.25) is 0 Å². The highest BCUT2D eigenvalue weighted by Crippen LogP contribution is 2.42. The Hall–Kier alpha value is -0.0600. The van der Waals surface area contributed by atoms with Crippen molar-refractivity contribution in [2.75, 3.05) is 11.5 Å². The van der Waals surface area contributed by atoms with Crippen LogP contribution in [-0.4, -0.2) is 22.5 Å². The highest BCUT2D eigenvalue weighted by Gasteiger charge is 2.35. The molecule has 16 heavy (non-hydrogen) atoms. The fraction of sp³-hybridized carbons (Fsp3) is 0.750. The molecule has 1 aliphatic heterocycles. The van der Waals surface area contributed by atoms with Crippen LogP contribution < -0.4 is 5.32 Å². The lowest BCUT2D eigenvalue weighted by Gasteiger charge is -2.20. The second-order valence-electron chi connectivity index (χ2n) is 4.85. The summed E-state index contributed by atoms with van der Waals surface area (Å²) >= 11 is 3.94. The smallest absolute Gasteiger partial charge is 0.110 e. The monoisotopic (exact) mass is 254 g/mol. The summed E-state index contributed by atoms with van der Waals surface area (Å²) in [6.07, 6.45) is 6.12. The van der Waals surface area contributed by atoms with E-state index in [4.69, 9.17) is 0 Å².